The molecule has 2 heterocycles. The zero-order valence-electron chi connectivity index (χ0n) is 14.1. The molecule has 7 heteroatoms. The van der Waals surface area contributed by atoms with Crippen molar-refractivity contribution in [1.29, 1.82) is 0 Å². The monoisotopic (exact) mass is 373 g/mol. The third-order valence-electron chi connectivity index (χ3n) is 3.60. The van der Waals surface area contributed by atoms with E-state index in [2.05, 4.69) is 15.3 Å². The van der Waals surface area contributed by atoms with E-state index in [1.807, 2.05) is 41.9 Å². The summed E-state index contributed by atoms with van der Waals surface area (Å²) in [6.45, 7) is 2.58. The minimum atomic E-state index is -0.0152. The summed E-state index contributed by atoms with van der Waals surface area (Å²) in [5.74, 6) is 0.800. The van der Waals surface area contributed by atoms with Crippen molar-refractivity contribution >= 4 is 28.6 Å². The van der Waals surface area contributed by atoms with Gasteiger partial charge in [-0.15, -0.1) is 22.7 Å². The molecule has 0 spiro atoms. The zero-order chi connectivity index (χ0) is 17.6. The molecule has 1 N–H and O–H groups in total. The third kappa shape index (κ3) is 4.87. The molecule has 130 valence electrons. The van der Waals surface area contributed by atoms with Crippen LogP contribution in [-0.2, 0) is 17.6 Å². The number of amides is 1. The Bertz CT molecular complexity index is 840. The van der Waals surface area contributed by atoms with E-state index in [9.17, 15) is 4.79 Å². The van der Waals surface area contributed by atoms with Crippen LogP contribution in [0.2, 0.25) is 0 Å². The number of carbonyl (C=O) groups excluding carboxylic acids is 1. The van der Waals surface area contributed by atoms with Crippen LogP contribution >= 0.6 is 22.7 Å². The topological polar surface area (TPSA) is 64.1 Å². The smallest absolute Gasteiger partial charge is 0.226 e. The first-order valence-electron chi connectivity index (χ1n) is 7.90. The van der Waals surface area contributed by atoms with Crippen LogP contribution < -0.4 is 10.1 Å². The summed E-state index contributed by atoms with van der Waals surface area (Å²) in [6, 6.07) is 7.75. The third-order valence-corrected chi connectivity index (χ3v) is 5.36. The quantitative estimate of drug-likeness (QED) is 0.689. The van der Waals surface area contributed by atoms with E-state index in [4.69, 9.17) is 4.74 Å². The fourth-order valence-corrected chi connectivity index (χ4v) is 3.81. The van der Waals surface area contributed by atoms with Gasteiger partial charge in [0.2, 0.25) is 5.91 Å². The fourth-order valence-electron chi connectivity index (χ4n) is 2.33. The first-order chi connectivity index (χ1) is 12.1. The van der Waals surface area contributed by atoms with Gasteiger partial charge in [-0.3, -0.25) is 4.79 Å². The molecule has 0 bridgehead atoms. The Hall–Kier alpha value is -2.25. The molecule has 0 saturated carbocycles. The maximum atomic E-state index is 12.1. The van der Waals surface area contributed by atoms with E-state index < -0.39 is 0 Å². The predicted octanol–water partition coefficient (Wildman–Crippen LogP) is 3.49. The Kier molecular flexibility index (Phi) is 5.78. The molecule has 3 aromatic rings. The number of methoxy groups -OCH3 is 1. The number of aromatic nitrogens is 2. The van der Waals surface area contributed by atoms with Gasteiger partial charge in [0.1, 0.15) is 10.8 Å². The van der Waals surface area contributed by atoms with E-state index >= 15 is 0 Å². The van der Waals surface area contributed by atoms with Crippen molar-refractivity contribution in [1.82, 2.24) is 15.3 Å². The highest BCUT2D eigenvalue weighted by Gasteiger charge is 2.09. The second-order valence-electron chi connectivity index (χ2n) is 5.51. The maximum absolute atomic E-state index is 12.1. The van der Waals surface area contributed by atoms with E-state index in [1.165, 1.54) is 0 Å². The molecule has 25 heavy (non-hydrogen) atoms. The predicted molar refractivity (Wildman–Crippen MR) is 101 cm³/mol. The molecule has 2 aromatic heterocycles. The van der Waals surface area contributed by atoms with Gasteiger partial charge in [-0.05, 0) is 31.2 Å². The highest BCUT2D eigenvalue weighted by molar-refractivity contribution is 7.13. The summed E-state index contributed by atoms with van der Waals surface area (Å²) in [5.41, 5.74) is 2.84. The number of rotatable bonds is 7. The lowest BCUT2D eigenvalue weighted by molar-refractivity contribution is -0.120. The molecule has 5 nitrogen and oxygen atoms in total. The van der Waals surface area contributed by atoms with Crippen LogP contribution in [-0.4, -0.2) is 29.5 Å². The van der Waals surface area contributed by atoms with Gasteiger partial charge in [0.15, 0.2) is 0 Å². The van der Waals surface area contributed by atoms with Gasteiger partial charge in [-0.1, -0.05) is 0 Å². The van der Waals surface area contributed by atoms with Gasteiger partial charge in [0.25, 0.3) is 0 Å². The Labute approximate surface area is 154 Å². The lowest BCUT2D eigenvalue weighted by Gasteiger charge is -2.02. The van der Waals surface area contributed by atoms with Crippen molar-refractivity contribution in [3.05, 3.63) is 51.4 Å². The van der Waals surface area contributed by atoms with Crippen molar-refractivity contribution in [3.8, 4) is 16.3 Å². The number of carbonyl (C=O) groups is 1. The van der Waals surface area contributed by atoms with Crippen LogP contribution in [0.3, 0.4) is 0 Å². The Morgan fingerprint density at radius 1 is 1.12 bits per heavy atom. The fraction of sp³-hybridized carbons (Fsp3) is 0.278. The minimum absolute atomic E-state index is 0.0152. The number of benzene rings is 1. The molecule has 0 saturated heterocycles. The summed E-state index contributed by atoms with van der Waals surface area (Å²) in [6.07, 6.45) is 1.05. The largest absolute Gasteiger partial charge is 0.497 e. The standard InChI is InChI=1S/C18H19N3O2S2/c1-12-20-14(10-24-12)7-8-19-17(22)9-15-11-25-18(21-15)13-3-5-16(23-2)6-4-13/h3-6,10-11H,7-9H2,1-2H3,(H,19,22). The molecule has 0 radical (unpaired) electrons. The molecule has 1 amide bonds. The lowest BCUT2D eigenvalue weighted by atomic mass is 10.2. The summed E-state index contributed by atoms with van der Waals surface area (Å²) in [7, 11) is 1.64. The average molecular weight is 374 g/mol. The molecular formula is C18H19N3O2S2. The van der Waals surface area contributed by atoms with Crippen molar-refractivity contribution in [2.45, 2.75) is 19.8 Å². The molecular weight excluding hydrogens is 354 g/mol. The molecule has 0 unspecified atom stereocenters. The highest BCUT2D eigenvalue weighted by atomic mass is 32.1. The molecule has 3 rings (SSSR count). The number of aryl methyl sites for hydroxylation is 1. The van der Waals surface area contributed by atoms with Crippen molar-refractivity contribution in [3.63, 3.8) is 0 Å². The highest BCUT2D eigenvalue weighted by Crippen LogP contribution is 2.25. The van der Waals surface area contributed by atoms with Gasteiger partial charge in [-0.25, -0.2) is 9.97 Å². The zero-order valence-corrected chi connectivity index (χ0v) is 15.7. The van der Waals surface area contributed by atoms with Crippen LogP contribution in [0.5, 0.6) is 5.75 Å². The molecule has 0 fully saturated rings. The first kappa shape index (κ1) is 17.6. The molecule has 0 aliphatic carbocycles. The van der Waals surface area contributed by atoms with Gasteiger partial charge >= 0.3 is 0 Å². The van der Waals surface area contributed by atoms with E-state index in [1.54, 1.807) is 29.8 Å². The SMILES string of the molecule is COc1ccc(-c2nc(CC(=O)NCCc3csc(C)n3)cs2)cc1. The van der Waals surface area contributed by atoms with Gasteiger partial charge in [0.05, 0.1) is 29.9 Å². The Balaban J connectivity index is 1.50. The molecule has 0 aliphatic rings. The number of nitrogens with zero attached hydrogens (tertiary/aromatic N) is 2. The normalized spacial score (nSPS) is 10.6. The molecule has 0 aliphatic heterocycles. The number of ether oxygens (including phenoxy) is 1. The van der Waals surface area contributed by atoms with E-state index in [0.717, 1.165) is 39.1 Å². The second kappa shape index (κ2) is 8.22. The van der Waals surface area contributed by atoms with Crippen LogP contribution in [0, 0.1) is 6.92 Å². The minimum Gasteiger partial charge on any atom is -0.497 e. The molecule has 0 atom stereocenters. The number of hydrogen-bond acceptors (Lipinski definition) is 6. The number of nitrogens with one attached hydrogen (secondary N) is 1. The number of hydrogen-bond donors (Lipinski definition) is 1. The Morgan fingerprint density at radius 2 is 1.88 bits per heavy atom. The maximum Gasteiger partial charge on any atom is 0.226 e. The summed E-state index contributed by atoms with van der Waals surface area (Å²) >= 11 is 3.17. The van der Waals surface area contributed by atoms with Crippen LogP contribution in [0.1, 0.15) is 16.4 Å². The van der Waals surface area contributed by atoms with Crippen molar-refractivity contribution in [2.75, 3.05) is 13.7 Å². The van der Waals surface area contributed by atoms with Crippen LogP contribution in [0.4, 0.5) is 0 Å². The molecule has 1 aromatic carbocycles. The lowest BCUT2D eigenvalue weighted by Crippen LogP contribution is -2.27. The second-order valence-corrected chi connectivity index (χ2v) is 7.43. The summed E-state index contributed by atoms with van der Waals surface area (Å²) < 4.78 is 5.16. The van der Waals surface area contributed by atoms with Crippen LogP contribution in [0.15, 0.2) is 35.0 Å². The summed E-state index contributed by atoms with van der Waals surface area (Å²) in [4.78, 5) is 21.0. The van der Waals surface area contributed by atoms with Crippen molar-refractivity contribution in [2.24, 2.45) is 0 Å². The number of thiazole rings is 2. The van der Waals surface area contributed by atoms with E-state index in [0.29, 0.717) is 13.0 Å². The van der Waals surface area contributed by atoms with Gasteiger partial charge < -0.3 is 10.1 Å². The Morgan fingerprint density at radius 3 is 2.56 bits per heavy atom. The van der Waals surface area contributed by atoms with Gasteiger partial charge in [-0.2, -0.15) is 0 Å². The summed E-state index contributed by atoms with van der Waals surface area (Å²) in [5, 5.41) is 8.85. The first-order valence-corrected chi connectivity index (χ1v) is 9.66. The van der Waals surface area contributed by atoms with E-state index in [-0.39, 0.29) is 5.91 Å². The van der Waals surface area contributed by atoms with Gasteiger partial charge in [0, 0.05) is 29.3 Å². The van der Waals surface area contributed by atoms with Crippen LogP contribution in [0.25, 0.3) is 10.6 Å². The average Bonchev–Trinajstić information content (AvgIpc) is 3.24. The van der Waals surface area contributed by atoms with Crippen molar-refractivity contribution < 1.29 is 9.53 Å².